The summed E-state index contributed by atoms with van der Waals surface area (Å²) < 4.78 is 65.3. The van der Waals surface area contributed by atoms with Crippen molar-refractivity contribution in [3.8, 4) is 5.75 Å². The third-order valence-electron chi connectivity index (χ3n) is 2.90. The van der Waals surface area contributed by atoms with Crippen molar-refractivity contribution < 1.29 is 36.2 Å². The number of aliphatic hydroxyl groups is 1. The van der Waals surface area contributed by atoms with Gasteiger partial charge in [-0.2, -0.15) is 0 Å². The number of hydrogen-bond acceptors (Lipinski definition) is 6. The Morgan fingerprint density at radius 1 is 1.31 bits per heavy atom. The van der Waals surface area contributed by atoms with Gasteiger partial charge in [-0.3, -0.25) is 4.79 Å². The molecule has 0 saturated carbocycles. The number of halogens is 4. The minimum atomic E-state index is -4.94. The highest BCUT2D eigenvalue weighted by Gasteiger charge is 2.32. The molecule has 0 radical (unpaired) electrons. The SMILES string of the molecule is CC(O)C(=O)Nc1ccc(S(=O)(=O)c2ccc(OC(F)(F)F)cc2Cl)s1. The van der Waals surface area contributed by atoms with Crippen LogP contribution in [0, 0.1) is 0 Å². The van der Waals surface area contributed by atoms with Crippen LogP contribution in [0.25, 0.3) is 0 Å². The lowest BCUT2D eigenvalue weighted by molar-refractivity contribution is -0.274. The van der Waals surface area contributed by atoms with Crippen LogP contribution in [0.5, 0.6) is 5.75 Å². The maximum Gasteiger partial charge on any atom is 0.573 e. The van der Waals surface area contributed by atoms with Crippen LogP contribution >= 0.6 is 22.9 Å². The Hall–Kier alpha value is -1.82. The van der Waals surface area contributed by atoms with Gasteiger partial charge in [0.25, 0.3) is 5.91 Å². The molecule has 2 N–H and O–H groups in total. The van der Waals surface area contributed by atoms with Crippen molar-refractivity contribution in [2.75, 3.05) is 5.32 Å². The second kappa shape index (κ2) is 7.43. The average Bonchev–Trinajstić information content (AvgIpc) is 2.94. The molecule has 1 aromatic carbocycles. The molecule has 1 aromatic heterocycles. The van der Waals surface area contributed by atoms with Gasteiger partial charge in [0, 0.05) is 6.07 Å². The molecule has 2 aromatic rings. The Morgan fingerprint density at radius 3 is 2.50 bits per heavy atom. The van der Waals surface area contributed by atoms with Crippen molar-refractivity contribution in [3.63, 3.8) is 0 Å². The van der Waals surface area contributed by atoms with E-state index < -0.39 is 43.9 Å². The molecular weight excluding hydrogens is 419 g/mol. The van der Waals surface area contributed by atoms with E-state index in [-0.39, 0.29) is 9.21 Å². The predicted octanol–water partition coefficient (Wildman–Crippen LogP) is 3.45. The Labute approximate surface area is 155 Å². The lowest BCUT2D eigenvalue weighted by atomic mass is 10.3. The van der Waals surface area contributed by atoms with Crippen LogP contribution in [-0.4, -0.2) is 31.9 Å². The molecule has 0 fully saturated rings. The van der Waals surface area contributed by atoms with E-state index in [1.54, 1.807) is 0 Å². The molecule has 0 spiro atoms. The highest BCUT2D eigenvalue weighted by molar-refractivity contribution is 7.93. The van der Waals surface area contributed by atoms with E-state index >= 15 is 0 Å². The van der Waals surface area contributed by atoms with Gasteiger partial charge >= 0.3 is 6.36 Å². The van der Waals surface area contributed by atoms with Crippen LogP contribution in [0.2, 0.25) is 5.02 Å². The molecule has 12 heteroatoms. The van der Waals surface area contributed by atoms with E-state index in [9.17, 15) is 26.4 Å². The summed E-state index contributed by atoms with van der Waals surface area (Å²) >= 11 is 6.50. The molecular formula is C14H11ClF3NO5S2. The summed E-state index contributed by atoms with van der Waals surface area (Å²) in [6.45, 7) is 1.24. The molecule has 2 rings (SSSR count). The van der Waals surface area contributed by atoms with Crippen LogP contribution in [0.15, 0.2) is 39.4 Å². The summed E-state index contributed by atoms with van der Waals surface area (Å²) in [6, 6.07) is 4.98. The summed E-state index contributed by atoms with van der Waals surface area (Å²) in [5.41, 5.74) is 0. The van der Waals surface area contributed by atoms with Crippen molar-refractivity contribution in [1.29, 1.82) is 0 Å². The number of aliphatic hydroxyl groups excluding tert-OH is 1. The first-order chi connectivity index (χ1) is 11.9. The monoisotopic (exact) mass is 429 g/mol. The van der Waals surface area contributed by atoms with Gasteiger partial charge in [0.15, 0.2) is 0 Å². The normalized spacial score (nSPS) is 13.3. The smallest absolute Gasteiger partial charge is 0.406 e. The highest BCUT2D eigenvalue weighted by Crippen LogP contribution is 2.36. The molecule has 1 atom stereocenters. The molecule has 26 heavy (non-hydrogen) atoms. The molecule has 0 aliphatic carbocycles. The predicted molar refractivity (Wildman–Crippen MR) is 88.2 cm³/mol. The van der Waals surface area contributed by atoms with Gasteiger partial charge in [0.1, 0.15) is 16.1 Å². The fraction of sp³-hybridized carbons (Fsp3) is 0.214. The summed E-state index contributed by atoms with van der Waals surface area (Å²) in [5, 5.41) is 11.2. The topological polar surface area (TPSA) is 92.7 Å². The number of nitrogens with one attached hydrogen (secondary N) is 1. The minimum Gasteiger partial charge on any atom is -0.406 e. The van der Waals surface area contributed by atoms with E-state index in [4.69, 9.17) is 16.7 Å². The molecule has 6 nitrogen and oxygen atoms in total. The van der Waals surface area contributed by atoms with Crippen molar-refractivity contribution in [3.05, 3.63) is 35.4 Å². The molecule has 0 aliphatic rings. The molecule has 0 aliphatic heterocycles. The number of rotatable bonds is 5. The van der Waals surface area contributed by atoms with Gasteiger partial charge in [-0.15, -0.1) is 24.5 Å². The van der Waals surface area contributed by atoms with Crippen molar-refractivity contribution >= 4 is 43.7 Å². The standard InChI is InChI=1S/C14H11ClF3NO5S2/c1-7(20)13(21)19-11-4-5-12(25-11)26(22,23)10-3-2-8(6-9(10)15)24-14(16,17)18/h2-7,20H,1H3,(H,19,21). The number of benzene rings is 1. The third kappa shape index (κ3) is 4.87. The van der Waals surface area contributed by atoms with Crippen LogP contribution < -0.4 is 10.1 Å². The zero-order valence-corrected chi connectivity index (χ0v) is 15.3. The van der Waals surface area contributed by atoms with Gasteiger partial charge < -0.3 is 15.2 Å². The fourth-order valence-corrected chi connectivity index (χ4v) is 4.88. The first kappa shape index (κ1) is 20.5. The zero-order valence-electron chi connectivity index (χ0n) is 12.9. The average molecular weight is 430 g/mol. The quantitative estimate of drug-likeness (QED) is 0.759. The zero-order chi connectivity index (χ0) is 19.7. The van der Waals surface area contributed by atoms with Gasteiger partial charge in [0.2, 0.25) is 9.84 Å². The number of hydrogen-bond donors (Lipinski definition) is 2. The second-order valence-corrected chi connectivity index (χ2v) is 8.56. The Balaban J connectivity index is 2.30. The minimum absolute atomic E-state index is 0.169. The second-order valence-electron chi connectivity index (χ2n) is 4.93. The third-order valence-corrected chi connectivity index (χ3v) is 6.63. The number of anilines is 1. The summed E-state index contributed by atoms with van der Waals surface area (Å²) in [6.07, 6.45) is -6.22. The maximum atomic E-state index is 12.6. The van der Waals surface area contributed by atoms with Crippen molar-refractivity contribution in [2.24, 2.45) is 0 Å². The van der Waals surface area contributed by atoms with Crippen molar-refractivity contribution in [1.82, 2.24) is 0 Å². The lowest BCUT2D eigenvalue weighted by Gasteiger charge is -2.10. The number of amides is 1. The Kier molecular flexibility index (Phi) is 5.85. The summed E-state index contributed by atoms with van der Waals surface area (Å²) in [7, 11) is -4.13. The van der Waals surface area contributed by atoms with Gasteiger partial charge in [-0.25, -0.2) is 8.42 Å². The lowest BCUT2D eigenvalue weighted by Crippen LogP contribution is -2.23. The number of thiophene rings is 1. The molecule has 0 bridgehead atoms. The van der Waals surface area contributed by atoms with E-state index in [0.29, 0.717) is 11.3 Å². The number of alkyl halides is 3. The van der Waals surface area contributed by atoms with Gasteiger partial charge in [0.05, 0.1) is 14.9 Å². The number of carbonyl (C=O) groups excluding carboxylic acids is 1. The molecule has 142 valence electrons. The van der Waals surface area contributed by atoms with Gasteiger partial charge in [-0.1, -0.05) is 11.6 Å². The molecule has 1 heterocycles. The fourth-order valence-electron chi connectivity index (χ4n) is 1.76. The van der Waals surface area contributed by atoms with E-state index in [1.807, 2.05) is 0 Å². The number of carbonyl (C=O) groups is 1. The van der Waals surface area contributed by atoms with Gasteiger partial charge in [-0.05, 0) is 31.2 Å². The van der Waals surface area contributed by atoms with Crippen LogP contribution in [0.1, 0.15) is 6.92 Å². The maximum absolute atomic E-state index is 12.6. The van der Waals surface area contributed by atoms with E-state index in [0.717, 1.165) is 18.2 Å². The molecule has 1 unspecified atom stereocenters. The summed E-state index contributed by atoms with van der Waals surface area (Å²) in [5.74, 6) is -1.38. The number of ether oxygens (including phenoxy) is 1. The van der Waals surface area contributed by atoms with Crippen LogP contribution in [-0.2, 0) is 14.6 Å². The highest BCUT2D eigenvalue weighted by atomic mass is 35.5. The van der Waals surface area contributed by atoms with Crippen LogP contribution in [0.3, 0.4) is 0 Å². The number of sulfone groups is 1. The largest absolute Gasteiger partial charge is 0.573 e. The summed E-state index contributed by atoms with van der Waals surface area (Å²) in [4.78, 5) is 11.0. The first-order valence-electron chi connectivity index (χ1n) is 6.79. The van der Waals surface area contributed by atoms with Crippen molar-refractivity contribution in [2.45, 2.75) is 28.5 Å². The first-order valence-corrected chi connectivity index (χ1v) is 9.47. The Bertz CT molecular complexity index is 925. The van der Waals surface area contributed by atoms with E-state index in [1.165, 1.54) is 19.1 Å². The van der Waals surface area contributed by atoms with E-state index in [2.05, 4.69) is 10.1 Å². The van der Waals surface area contributed by atoms with Crippen LogP contribution in [0.4, 0.5) is 18.2 Å². The molecule has 1 amide bonds. The molecule has 0 saturated heterocycles. The Morgan fingerprint density at radius 2 is 1.96 bits per heavy atom.